The SMILES string of the molecule is COC(=O)[C@@H]1C[C@H](O)C1(C)C.COC(=O)[C@H]1C[C@@H](O)C1(C)C. The predicted molar refractivity (Wildman–Crippen MR) is 79.8 cm³/mol. The van der Waals surface area contributed by atoms with E-state index in [2.05, 4.69) is 9.47 Å². The second-order valence-electron chi connectivity index (χ2n) is 7.30. The highest BCUT2D eigenvalue weighted by molar-refractivity contribution is 5.75. The van der Waals surface area contributed by atoms with Crippen LogP contribution in [0.4, 0.5) is 0 Å². The predicted octanol–water partition coefficient (Wildman–Crippen LogP) is 1.13. The zero-order valence-corrected chi connectivity index (χ0v) is 14.3. The van der Waals surface area contributed by atoms with Crippen LogP contribution >= 0.6 is 0 Å². The zero-order valence-electron chi connectivity index (χ0n) is 14.3. The number of carbonyl (C=O) groups excluding carboxylic acids is 2. The number of hydrogen-bond acceptors (Lipinski definition) is 6. The third kappa shape index (κ3) is 3.27. The Hall–Kier alpha value is -1.14. The van der Waals surface area contributed by atoms with Crippen LogP contribution in [0.15, 0.2) is 0 Å². The number of aliphatic hydroxyl groups excluding tert-OH is 2. The monoisotopic (exact) mass is 316 g/mol. The molecule has 6 heteroatoms. The molecule has 22 heavy (non-hydrogen) atoms. The summed E-state index contributed by atoms with van der Waals surface area (Å²) in [6, 6.07) is 0. The molecular formula is C16H28O6. The van der Waals surface area contributed by atoms with Crippen molar-refractivity contribution in [2.24, 2.45) is 22.7 Å². The average Bonchev–Trinajstić information content (AvgIpc) is 2.49. The van der Waals surface area contributed by atoms with Crippen molar-refractivity contribution in [1.82, 2.24) is 0 Å². The van der Waals surface area contributed by atoms with Crippen molar-refractivity contribution in [2.75, 3.05) is 14.2 Å². The van der Waals surface area contributed by atoms with Crippen LogP contribution in [0.1, 0.15) is 40.5 Å². The minimum Gasteiger partial charge on any atom is -0.469 e. The van der Waals surface area contributed by atoms with Crippen LogP contribution in [-0.2, 0) is 19.1 Å². The number of hydrogen-bond donors (Lipinski definition) is 2. The highest BCUT2D eigenvalue weighted by Gasteiger charge is 2.52. The van der Waals surface area contributed by atoms with Crippen LogP contribution < -0.4 is 0 Å². The summed E-state index contributed by atoms with van der Waals surface area (Å²) in [7, 11) is 2.76. The maximum absolute atomic E-state index is 11.0. The van der Waals surface area contributed by atoms with E-state index < -0.39 is 0 Å². The largest absolute Gasteiger partial charge is 0.469 e. The lowest BCUT2D eigenvalue weighted by Gasteiger charge is -2.47. The Balaban J connectivity index is 0.000000220. The van der Waals surface area contributed by atoms with Gasteiger partial charge in [0.1, 0.15) is 0 Å². The molecule has 6 nitrogen and oxygen atoms in total. The van der Waals surface area contributed by atoms with Gasteiger partial charge in [-0.25, -0.2) is 0 Å². The summed E-state index contributed by atoms with van der Waals surface area (Å²) in [4.78, 5) is 22.0. The van der Waals surface area contributed by atoms with E-state index in [0.29, 0.717) is 12.8 Å². The minimum absolute atomic E-state index is 0.123. The fourth-order valence-electron chi connectivity index (χ4n) is 2.89. The van der Waals surface area contributed by atoms with Crippen LogP contribution in [0.5, 0.6) is 0 Å². The van der Waals surface area contributed by atoms with Crippen molar-refractivity contribution < 1.29 is 29.3 Å². The first-order valence-electron chi connectivity index (χ1n) is 7.51. The van der Waals surface area contributed by atoms with Crippen molar-refractivity contribution in [1.29, 1.82) is 0 Å². The number of esters is 2. The van der Waals surface area contributed by atoms with Crippen molar-refractivity contribution in [3.8, 4) is 0 Å². The molecule has 0 heterocycles. The molecule has 0 aromatic carbocycles. The van der Waals surface area contributed by atoms with Crippen molar-refractivity contribution >= 4 is 11.9 Å². The van der Waals surface area contributed by atoms with Crippen LogP contribution in [0, 0.1) is 22.7 Å². The molecule has 0 aliphatic heterocycles. The van der Waals surface area contributed by atoms with Crippen LogP contribution in [0.25, 0.3) is 0 Å². The molecular weight excluding hydrogens is 288 g/mol. The molecule has 2 aliphatic rings. The fraction of sp³-hybridized carbons (Fsp3) is 0.875. The Morgan fingerprint density at radius 1 is 0.818 bits per heavy atom. The first-order valence-corrected chi connectivity index (χ1v) is 7.51. The Morgan fingerprint density at radius 2 is 1.09 bits per heavy atom. The van der Waals surface area contributed by atoms with Gasteiger partial charge in [-0.15, -0.1) is 0 Å². The highest BCUT2D eigenvalue weighted by Crippen LogP contribution is 2.47. The summed E-state index contributed by atoms with van der Waals surface area (Å²) in [5, 5.41) is 18.6. The van der Waals surface area contributed by atoms with E-state index in [1.54, 1.807) is 0 Å². The Bertz CT molecular complexity index is 388. The number of ether oxygens (including phenoxy) is 2. The van der Waals surface area contributed by atoms with Crippen molar-refractivity contribution in [3.63, 3.8) is 0 Å². The second kappa shape index (κ2) is 6.54. The third-order valence-corrected chi connectivity index (χ3v) is 5.40. The molecule has 0 unspecified atom stereocenters. The summed E-state index contributed by atoms with van der Waals surface area (Å²) in [5.41, 5.74) is -0.597. The maximum Gasteiger partial charge on any atom is 0.309 e. The van der Waals surface area contributed by atoms with Gasteiger partial charge in [-0.1, -0.05) is 27.7 Å². The number of rotatable bonds is 2. The molecule has 128 valence electrons. The number of aliphatic hydroxyl groups is 2. The molecule has 4 atom stereocenters. The topological polar surface area (TPSA) is 93.1 Å². The summed E-state index contributed by atoms with van der Waals surface area (Å²) >= 11 is 0. The summed E-state index contributed by atoms with van der Waals surface area (Å²) < 4.78 is 9.18. The normalized spacial score (nSPS) is 34.2. The van der Waals surface area contributed by atoms with E-state index in [1.807, 2.05) is 27.7 Å². The number of methoxy groups -OCH3 is 2. The maximum atomic E-state index is 11.0. The average molecular weight is 316 g/mol. The lowest BCUT2D eigenvalue weighted by atomic mass is 9.60. The molecule has 0 amide bonds. The van der Waals surface area contributed by atoms with E-state index >= 15 is 0 Å². The smallest absolute Gasteiger partial charge is 0.309 e. The van der Waals surface area contributed by atoms with Gasteiger partial charge in [0.15, 0.2) is 0 Å². The summed E-state index contributed by atoms with van der Waals surface area (Å²) in [5.74, 6) is -0.661. The van der Waals surface area contributed by atoms with Crippen LogP contribution in [0.2, 0.25) is 0 Å². The second-order valence-corrected chi connectivity index (χ2v) is 7.30. The van der Waals surface area contributed by atoms with Gasteiger partial charge in [0, 0.05) is 10.8 Å². The van der Waals surface area contributed by atoms with Gasteiger partial charge in [-0.05, 0) is 12.8 Å². The molecule has 0 saturated heterocycles. The Labute approximate surface area is 131 Å². The lowest BCUT2D eigenvalue weighted by Crippen LogP contribution is -2.52. The van der Waals surface area contributed by atoms with E-state index in [1.165, 1.54) is 14.2 Å². The van der Waals surface area contributed by atoms with Gasteiger partial charge < -0.3 is 19.7 Å². The molecule has 0 aromatic rings. The molecule has 0 aromatic heterocycles. The van der Waals surface area contributed by atoms with E-state index in [4.69, 9.17) is 0 Å². The lowest BCUT2D eigenvalue weighted by molar-refractivity contribution is -0.172. The standard InChI is InChI=1S/2C8H14O3/c2*1-8(2)5(4-6(8)9)7(10)11-3/h2*5-6,9H,4H2,1-3H3/t2*5-,6-/m10/s1. The minimum atomic E-state index is -0.355. The number of carbonyl (C=O) groups is 2. The Morgan fingerprint density at radius 3 is 1.23 bits per heavy atom. The Kier molecular flexibility index (Phi) is 5.62. The van der Waals surface area contributed by atoms with Crippen LogP contribution in [0.3, 0.4) is 0 Å². The van der Waals surface area contributed by atoms with Crippen LogP contribution in [-0.4, -0.2) is 48.6 Å². The van der Waals surface area contributed by atoms with Crippen molar-refractivity contribution in [2.45, 2.75) is 52.7 Å². The quantitative estimate of drug-likeness (QED) is 0.742. The molecule has 0 radical (unpaired) electrons. The molecule has 2 saturated carbocycles. The molecule has 2 N–H and O–H groups in total. The van der Waals surface area contributed by atoms with Gasteiger partial charge in [-0.2, -0.15) is 0 Å². The van der Waals surface area contributed by atoms with Gasteiger partial charge in [0.2, 0.25) is 0 Å². The van der Waals surface area contributed by atoms with Gasteiger partial charge in [0.05, 0.1) is 38.3 Å². The molecule has 2 aliphatic carbocycles. The van der Waals surface area contributed by atoms with E-state index in [9.17, 15) is 19.8 Å². The van der Waals surface area contributed by atoms with E-state index in [-0.39, 0.29) is 46.8 Å². The first-order chi connectivity index (χ1) is 9.99. The third-order valence-electron chi connectivity index (χ3n) is 5.40. The van der Waals surface area contributed by atoms with Gasteiger partial charge in [-0.3, -0.25) is 9.59 Å². The van der Waals surface area contributed by atoms with Crippen molar-refractivity contribution in [3.05, 3.63) is 0 Å². The molecule has 0 spiro atoms. The summed E-state index contributed by atoms with van der Waals surface area (Å²) in [6.07, 6.45) is 0.373. The van der Waals surface area contributed by atoms with E-state index in [0.717, 1.165) is 0 Å². The zero-order chi connectivity index (χ0) is 17.3. The first kappa shape index (κ1) is 18.9. The molecule has 2 fully saturated rings. The molecule has 0 bridgehead atoms. The summed E-state index contributed by atoms with van der Waals surface area (Å²) in [6.45, 7) is 7.51. The molecule has 2 rings (SSSR count). The fourth-order valence-corrected chi connectivity index (χ4v) is 2.89. The van der Waals surface area contributed by atoms with Gasteiger partial charge >= 0.3 is 11.9 Å². The van der Waals surface area contributed by atoms with Gasteiger partial charge in [0.25, 0.3) is 0 Å². The highest BCUT2D eigenvalue weighted by atomic mass is 16.5.